The van der Waals surface area contributed by atoms with Gasteiger partial charge in [-0.1, -0.05) is 0 Å². The van der Waals surface area contributed by atoms with Crippen molar-refractivity contribution in [2.24, 2.45) is 4.99 Å². The topological polar surface area (TPSA) is 48.2 Å². The summed E-state index contributed by atoms with van der Waals surface area (Å²) in [6.45, 7) is 0. The summed E-state index contributed by atoms with van der Waals surface area (Å²) in [7, 11) is 1.59. The standard InChI is InChI=1S/C3H6ClN3/c1-6-2-7-3(4)5/h2H,1H3,(H2,5,6,7). The molecular weight excluding hydrogens is 114 g/mol. The summed E-state index contributed by atoms with van der Waals surface area (Å²) >= 11 is 5.04. The lowest BCUT2D eigenvalue weighted by Crippen LogP contribution is -2.13. The van der Waals surface area contributed by atoms with Crippen molar-refractivity contribution in [3.8, 4) is 0 Å². The van der Waals surface area contributed by atoms with Crippen molar-refractivity contribution in [1.29, 1.82) is 5.41 Å². The van der Waals surface area contributed by atoms with E-state index in [9.17, 15) is 0 Å². The average Bonchev–Trinajstić information content (AvgIpc) is 1.61. The van der Waals surface area contributed by atoms with Crippen LogP contribution in [0, 0.1) is 5.41 Å². The first kappa shape index (κ1) is 6.43. The summed E-state index contributed by atoms with van der Waals surface area (Å²) in [5.74, 6) is 0. The van der Waals surface area contributed by atoms with Crippen molar-refractivity contribution in [1.82, 2.24) is 5.32 Å². The van der Waals surface area contributed by atoms with E-state index >= 15 is 0 Å². The molecule has 3 nitrogen and oxygen atoms in total. The monoisotopic (exact) mass is 119 g/mol. The summed E-state index contributed by atoms with van der Waals surface area (Å²) < 4.78 is 0. The Morgan fingerprint density at radius 2 is 2.57 bits per heavy atom. The SMILES string of the molecule is CN=CNC(=N)Cl. The first-order valence-electron chi connectivity index (χ1n) is 1.68. The molecule has 0 aliphatic heterocycles. The summed E-state index contributed by atoms with van der Waals surface area (Å²) in [6.07, 6.45) is 1.34. The van der Waals surface area contributed by atoms with E-state index in [0.717, 1.165) is 0 Å². The zero-order valence-electron chi connectivity index (χ0n) is 3.90. The lowest BCUT2D eigenvalue weighted by molar-refractivity contribution is 1.33. The van der Waals surface area contributed by atoms with Crippen LogP contribution >= 0.6 is 11.6 Å². The molecule has 40 valence electrons. The number of hydrogen-bond acceptors (Lipinski definition) is 2. The number of nitrogens with one attached hydrogen (secondary N) is 2. The van der Waals surface area contributed by atoms with Crippen LogP contribution in [-0.2, 0) is 0 Å². The van der Waals surface area contributed by atoms with E-state index < -0.39 is 0 Å². The molecule has 0 spiro atoms. The largest absolute Gasteiger partial charge is 0.322 e. The second-order valence-electron chi connectivity index (χ2n) is 0.846. The second-order valence-corrected chi connectivity index (χ2v) is 1.22. The van der Waals surface area contributed by atoms with Crippen molar-refractivity contribution in [3.63, 3.8) is 0 Å². The fraction of sp³-hybridized carbons (Fsp3) is 0.333. The van der Waals surface area contributed by atoms with E-state index in [0.29, 0.717) is 0 Å². The van der Waals surface area contributed by atoms with E-state index in [2.05, 4.69) is 10.3 Å². The van der Waals surface area contributed by atoms with Crippen LogP contribution < -0.4 is 5.32 Å². The molecule has 0 atom stereocenters. The van der Waals surface area contributed by atoms with Gasteiger partial charge >= 0.3 is 0 Å². The molecule has 0 aromatic carbocycles. The molecule has 0 saturated carbocycles. The third kappa shape index (κ3) is 5.43. The fourth-order valence-corrected chi connectivity index (χ4v) is 0.170. The Hall–Kier alpha value is -0.570. The van der Waals surface area contributed by atoms with Gasteiger partial charge in [0.25, 0.3) is 0 Å². The van der Waals surface area contributed by atoms with E-state index in [4.69, 9.17) is 17.0 Å². The van der Waals surface area contributed by atoms with Crippen LogP contribution in [0.15, 0.2) is 4.99 Å². The molecule has 0 unspecified atom stereocenters. The van der Waals surface area contributed by atoms with Gasteiger partial charge < -0.3 is 5.32 Å². The highest BCUT2D eigenvalue weighted by Gasteiger charge is 1.76. The summed E-state index contributed by atoms with van der Waals surface area (Å²) in [6, 6.07) is 0. The van der Waals surface area contributed by atoms with Crippen LogP contribution in [0.4, 0.5) is 0 Å². The van der Waals surface area contributed by atoms with Crippen molar-refractivity contribution < 1.29 is 0 Å². The Morgan fingerprint density at radius 3 is 2.71 bits per heavy atom. The first-order chi connectivity index (χ1) is 3.27. The number of halogens is 1. The molecule has 0 rings (SSSR count). The van der Waals surface area contributed by atoms with Crippen molar-refractivity contribution in [3.05, 3.63) is 0 Å². The highest BCUT2D eigenvalue weighted by Crippen LogP contribution is 1.67. The number of nitrogens with zero attached hydrogens (tertiary/aromatic N) is 1. The van der Waals surface area contributed by atoms with E-state index in [1.807, 2.05) is 0 Å². The third-order valence-electron chi connectivity index (χ3n) is 0.320. The molecule has 0 fully saturated rings. The molecule has 0 amide bonds. The van der Waals surface area contributed by atoms with Crippen molar-refractivity contribution in [2.45, 2.75) is 0 Å². The maximum atomic E-state index is 6.56. The summed E-state index contributed by atoms with van der Waals surface area (Å²) in [5, 5.41) is 8.79. The quantitative estimate of drug-likeness (QED) is 0.293. The molecule has 7 heavy (non-hydrogen) atoms. The van der Waals surface area contributed by atoms with Gasteiger partial charge in [0, 0.05) is 7.05 Å². The van der Waals surface area contributed by atoms with Gasteiger partial charge in [0.05, 0.1) is 6.34 Å². The zero-order valence-corrected chi connectivity index (χ0v) is 4.66. The summed E-state index contributed by atoms with van der Waals surface area (Å²) in [4.78, 5) is 3.51. The van der Waals surface area contributed by atoms with Crippen LogP contribution in [0.25, 0.3) is 0 Å². The lowest BCUT2D eigenvalue weighted by Gasteiger charge is -1.85. The van der Waals surface area contributed by atoms with Gasteiger partial charge in [-0.3, -0.25) is 10.4 Å². The third-order valence-corrected chi connectivity index (χ3v) is 0.429. The minimum atomic E-state index is -0.120. The Labute approximate surface area is 46.9 Å². The average molecular weight is 120 g/mol. The van der Waals surface area contributed by atoms with Crippen LogP contribution in [0.5, 0.6) is 0 Å². The maximum absolute atomic E-state index is 6.56. The molecule has 0 aromatic heterocycles. The number of aliphatic imine (C=N–C) groups is 1. The molecule has 4 heteroatoms. The number of rotatable bonds is 1. The van der Waals surface area contributed by atoms with Crippen LogP contribution in [-0.4, -0.2) is 18.7 Å². The van der Waals surface area contributed by atoms with Crippen molar-refractivity contribution in [2.75, 3.05) is 7.05 Å². The zero-order chi connectivity index (χ0) is 5.70. The predicted molar refractivity (Wildman–Crippen MR) is 31.1 cm³/mol. The normalized spacial score (nSPS) is 9.43. The molecule has 0 heterocycles. The van der Waals surface area contributed by atoms with Crippen LogP contribution in [0.3, 0.4) is 0 Å². The Bertz CT molecular complexity index is 88.2. The number of hydrogen-bond donors (Lipinski definition) is 2. The van der Waals surface area contributed by atoms with Gasteiger partial charge in [-0.05, 0) is 11.6 Å². The van der Waals surface area contributed by atoms with Gasteiger partial charge in [0.2, 0.25) is 0 Å². The fourth-order valence-electron chi connectivity index (χ4n) is 0.121. The summed E-state index contributed by atoms with van der Waals surface area (Å²) in [5.41, 5.74) is 0. The van der Waals surface area contributed by atoms with Crippen LogP contribution in [0.2, 0.25) is 0 Å². The molecule has 0 bridgehead atoms. The maximum Gasteiger partial charge on any atom is 0.193 e. The van der Waals surface area contributed by atoms with Gasteiger partial charge in [0.15, 0.2) is 5.29 Å². The molecule has 0 saturated heterocycles. The highest BCUT2D eigenvalue weighted by molar-refractivity contribution is 6.64. The molecule has 0 aromatic rings. The number of amidine groups is 1. The highest BCUT2D eigenvalue weighted by atomic mass is 35.5. The van der Waals surface area contributed by atoms with Gasteiger partial charge in [-0.25, -0.2) is 0 Å². The molecule has 0 aliphatic carbocycles. The van der Waals surface area contributed by atoms with Crippen molar-refractivity contribution >= 4 is 23.2 Å². The van der Waals surface area contributed by atoms with E-state index in [1.165, 1.54) is 6.34 Å². The molecule has 0 aliphatic rings. The smallest absolute Gasteiger partial charge is 0.193 e. The molecule has 2 N–H and O–H groups in total. The van der Waals surface area contributed by atoms with Gasteiger partial charge in [-0.15, -0.1) is 0 Å². The first-order valence-corrected chi connectivity index (χ1v) is 2.06. The Balaban J connectivity index is 3.14. The molecular formula is C3H6ClN3. The van der Waals surface area contributed by atoms with Gasteiger partial charge in [-0.2, -0.15) is 0 Å². The van der Waals surface area contributed by atoms with Gasteiger partial charge in [0.1, 0.15) is 0 Å². The molecule has 0 radical (unpaired) electrons. The second kappa shape index (κ2) is 3.61. The predicted octanol–water partition coefficient (Wildman–Crippen LogP) is 0.408. The lowest BCUT2D eigenvalue weighted by atomic mass is 11.1. The Kier molecular flexibility index (Phi) is 3.32. The van der Waals surface area contributed by atoms with E-state index in [1.54, 1.807) is 7.05 Å². The minimum absolute atomic E-state index is 0.120. The van der Waals surface area contributed by atoms with Crippen LogP contribution in [0.1, 0.15) is 0 Å². The van der Waals surface area contributed by atoms with E-state index in [-0.39, 0.29) is 5.29 Å². The Morgan fingerprint density at radius 1 is 2.00 bits per heavy atom. The minimum Gasteiger partial charge on any atom is -0.322 e.